The molecule has 0 bridgehead atoms. The predicted molar refractivity (Wildman–Crippen MR) is 130 cm³/mol. The van der Waals surface area contributed by atoms with E-state index in [9.17, 15) is 14.0 Å². The van der Waals surface area contributed by atoms with E-state index in [1.165, 1.54) is 33.2 Å². The number of hydrogen-bond donors (Lipinski definition) is 0. The van der Waals surface area contributed by atoms with E-state index < -0.39 is 0 Å². The van der Waals surface area contributed by atoms with Crippen LogP contribution in [0.3, 0.4) is 0 Å². The molecule has 1 aliphatic rings. The number of piperazine rings is 1. The lowest BCUT2D eigenvalue weighted by Gasteiger charge is -2.34. The molecule has 4 heterocycles. The standard InChI is InChI=1S/C24H23FN4O2S2/c1-15-20-22(26-14-27(2)23(20)30)33-21(15)24(31)29-10-8-28(9-11-29)13-18-6-7-19(32-18)16-4-3-5-17(25)12-16/h3-7,12,14H,8-11,13H2,1-2H3. The number of aryl methyl sites for hydroxylation is 2. The molecule has 1 aromatic carbocycles. The van der Waals surface area contributed by atoms with Crippen LogP contribution in [0.25, 0.3) is 20.7 Å². The number of fused-ring (bicyclic) bond motifs is 1. The summed E-state index contributed by atoms with van der Waals surface area (Å²) < 4.78 is 15.0. The average Bonchev–Trinajstić information content (AvgIpc) is 3.41. The van der Waals surface area contributed by atoms with Crippen LogP contribution in [0.1, 0.15) is 20.1 Å². The second-order valence-electron chi connectivity index (χ2n) is 8.24. The topological polar surface area (TPSA) is 58.4 Å². The van der Waals surface area contributed by atoms with Crippen molar-refractivity contribution in [2.45, 2.75) is 13.5 Å². The van der Waals surface area contributed by atoms with Crippen LogP contribution in [0.2, 0.25) is 0 Å². The maximum absolute atomic E-state index is 13.5. The largest absolute Gasteiger partial charge is 0.335 e. The number of nitrogens with zero attached hydrogens (tertiary/aromatic N) is 4. The number of halogens is 1. The molecule has 6 nitrogen and oxygen atoms in total. The summed E-state index contributed by atoms with van der Waals surface area (Å²) in [4.78, 5) is 37.7. The lowest BCUT2D eigenvalue weighted by molar-refractivity contribution is 0.0634. The normalized spacial score (nSPS) is 14.8. The van der Waals surface area contributed by atoms with Crippen molar-refractivity contribution >= 4 is 38.8 Å². The van der Waals surface area contributed by atoms with Crippen molar-refractivity contribution in [2.24, 2.45) is 7.05 Å². The Morgan fingerprint density at radius 3 is 2.67 bits per heavy atom. The van der Waals surface area contributed by atoms with Gasteiger partial charge in [-0.15, -0.1) is 22.7 Å². The van der Waals surface area contributed by atoms with E-state index in [4.69, 9.17) is 0 Å². The Morgan fingerprint density at radius 2 is 1.91 bits per heavy atom. The molecule has 0 spiro atoms. The smallest absolute Gasteiger partial charge is 0.264 e. The van der Waals surface area contributed by atoms with Crippen LogP contribution in [0.4, 0.5) is 4.39 Å². The molecule has 0 radical (unpaired) electrons. The van der Waals surface area contributed by atoms with Gasteiger partial charge in [-0.3, -0.25) is 14.5 Å². The second-order valence-corrected chi connectivity index (χ2v) is 10.4. The fourth-order valence-corrected chi connectivity index (χ4v) is 6.30. The Hall–Kier alpha value is -2.88. The third-order valence-electron chi connectivity index (χ3n) is 6.01. The fraction of sp³-hybridized carbons (Fsp3) is 0.292. The highest BCUT2D eigenvalue weighted by Crippen LogP contribution is 2.30. The molecule has 1 amide bonds. The quantitative estimate of drug-likeness (QED) is 0.439. The van der Waals surface area contributed by atoms with Crippen LogP contribution in [0.5, 0.6) is 0 Å². The zero-order valence-electron chi connectivity index (χ0n) is 18.4. The molecule has 9 heteroatoms. The molecule has 170 valence electrons. The van der Waals surface area contributed by atoms with Crippen molar-refractivity contribution in [3.8, 4) is 10.4 Å². The number of carbonyl (C=O) groups is 1. The van der Waals surface area contributed by atoms with Gasteiger partial charge < -0.3 is 9.47 Å². The van der Waals surface area contributed by atoms with Crippen molar-refractivity contribution in [1.29, 1.82) is 0 Å². The van der Waals surface area contributed by atoms with Gasteiger partial charge in [-0.05, 0) is 42.3 Å². The molecule has 0 aliphatic carbocycles. The van der Waals surface area contributed by atoms with Crippen LogP contribution in [0, 0.1) is 12.7 Å². The second kappa shape index (κ2) is 8.81. The van der Waals surface area contributed by atoms with Crippen LogP contribution in [0.15, 0.2) is 47.5 Å². The lowest BCUT2D eigenvalue weighted by Crippen LogP contribution is -2.48. The minimum absolute atomic E-state index is 0.0262. The van der Waals surface area contributed by atoms with Gasteiger partial charge in [0, 0.05) is 49.5 Å². The van der Waals surface area contributed by atoms with E-state index in [0.29, 0.717) is 28.2 Å². The Balaban J connectivity index is 1.24. The van der Waals surface area contributed by atoms with Gasteiger partial charge >= 0.3 is 0 Å². The first kappa shape index (κ1) is 21.9. The third-order valence-corrected chi connectivity index (χ3v) is 8.32. The van der Waals surface area contributed by atoms with Crippen LogP contribution < -0.4 is 5.56 Å². The Morgan fingerprint density at radius 1 is 1.12 bits per heavy atom. The molecule has 4 aromatic rings. The number of aromatic nitrogens is 2. The van der Waals surface area contributed by atoms with Crippen LogP contribution in [-0.4, -0.2) is 51.4 Å². The van der Waals surface area contributed by atoms with Crippen LogP contribution >= 0.6 is 22.7 Å². The molecular weight excluding hydrogens is 459 g/mol. The van der Waals surface area contributed by atoms with E-state index >= 15 is 0 Å². The van der Waals surface area contributed by atoms with Crippen molar-refractivity contribution in [1.82, 2.24) is 19.4 Å². The first-order valence-corrected chi connectivity index (χ1v) is 12.3. The first-order valence-electron chi connectivity index (χ1n) is 10.7. The van der Waals surface area contributed by atoms with Gasteiger partial charge in [0.15, 0.2) is 0 Å². The average molecular weight is 483 g/mol. The van der Waals surface area contributed by atoms with E-state index in [-0.39, 0.29) is 17.3 Å². The Kier molecular flexibility index (Phi) is 5.86. The van der Waals surface area contributed by atoms with Crippen molar-refractivity contribution < 1.29 is 9.18 Å². The lowest BCUT2D eigenvalue weighted by atomic mass is 10.2. The van der Waals surface area contributed by atoms with E-state index in [1.54, 1.807) is 30.5 Å². The summed E-state index contributed by atoms with van der Waals surface area (Å²) in [6.07, 6.45) is 1.50. The first-order chi connectivity index (χ1) is 15.9. The highest BCUT2D eigenvalue weighted by Gasteiger charge is 2.26. The van der Waals surface area contributed by atoms with Gasteiger partial charge in [0.05, 0.1) is 16.6 Å². The van der Waals surface area contributed by atoms with Gasteiger partial charge in [-0.1, -0.05) is 12.1 Å². The molecule has 0 atom stereocenters. The Bertz CT molecular complexity index is 1400. The number of carbonyl (C=O) groups excluding carboxylic acids is 1. The Labute approximate surface area is 198 Å². The number of thiophene rings is 2. The van der Waals surface area contributed by atoms with Gasteiger partial charge in [-0.25, -0.2) is 9.37 Å². The van der Waals surface area contributed by atoms with Gasteiger partial charge in [0.25, 0.3) is 11.5 Å². The molecule has 0 unspecified atom stereocenters. The summed E-state index contributed by atoms with van der Waals surface area (Å²) in [5.41, 5.74) is 1.50. The zero-order valence-corrected chi connectivity index (χ0v) is 20.0. The maximum atomic E-state index is 13.5. The summed E-state index contributed by atoms with van der Waals surface area (Å²) >= 11 is 2.97. The fourth-order valence-electron chi connectivity index (χ4n) is 4.15. The maximum Gasteiger partial charge on any atom is 0.264 e. The molecule has 0 saturated carbocycles. The molecule has 1 saturated heterocycles. The monoisotopic (exact) mass is 482 g/mol. The highest BCUT2D eigenvalue weighted by molar-refractivity contribution is 7.20. The third kappa shape index (κ3) is 4.23. The van der Waals surface area contributed by atoms with Gasteiger partial charge in [-0.2, -0.15) is 0 Å². The van der Waals surface area contributed by atoms with E-state index in [2.05, 4.69) is 16.0 Å². The van der Waals surface area contributed by atoms with E-state index in [1.807, 2.05) is 24.0 Å². The molecule has 1 fully saturated rings. The highest BCUT2D eigenvalue weighted by atomic mass is 32.1. The summed E-state index contributed by atoms with van der Waals surface area (Å²) in [7, 11) is 1.67. The summed E-state index contributed by atoms with van der Waals surface area (Å²) in [5.74, 6) is -0.255. The molecule has 0 N–H and O–H groups in total. The predicted octanol–water partition coefficient (Wildman–Crippen LogP) is 4.13. The number of rotatable bonds is 4. The summed E-state index contributed by atoms with van der Waals surface area (Å²) in [6, 6.07) is 10.8. The minimum Gasteiger partial charge on any atom is -0.335 e. The number of amides is 1. The molecule has 3 aromatic heterocycles. The van der Waals surface area contributed by atoms with E-state index in [0.717, 1.165) is 35.6 Å². The zero-order chi connectivity index (χ0) is 23.1. The summed E-state index contributed by atoms with van der Waals surface area (Å²) in [5, 5.41) is 0.541. The minimum atomic E-state index is -0.228. The van der Waals surface area contributed by atoms with Crippen LogP contribution in [-0.2, 0) is 13.6 Å². The number of benzene rings is 1. The van der Waals surface area contributed by atoms with Crippen molar-refractivity contribution in [3.63, 3.8) is 0 Å². The van der Waals surface area contributed by atoms with Crippen molar-refractivity contribution in [3.05, 3.63) is 74.2 Å². The van der Waals surface area contributed by atoms with Gasteiger partial charge in [0.1, 0.15) is 10.6 Å². The molecular formula is C24H23FN4O2S2. The SMILES string of the molecule is Cc1c(C(=O)N2CCN(Cc3ccc(-c4cccc(F)c4)s3)CC2)sc2ncn(C)c(=O)c12. The molecule has 1 aliphatic heterocycles. The number of hydrogen-bond acceptors (Lipinski definition) is 6. The van der Waals surface area contributed by atoms with Crippen molar-refractivity contribution in [2.75, 3.05) is 26.2 Å². The van der Waals surface area contributed by atoms with Gasteiger partial charge in [0.2, 0.25) is 0 Å². The summed E-state index contributed by atoms with van der Waals surface area (Å²) in [6.45, 7) is 5.48. The molecule has 5 rings (SSSR count). The molecule has 33 heavy (non-hydrogen) atoms.